The fourth-order valence-electron chi connectivity index (χ4n) is 26.7. The number of anilines is 5. The zero-order valence-electron chi connectivity index (χ0n) is 78.7. The van der Waals surface area contributed by atoms with Crippen molar-refractivity contribution in [3.63, 3.8) is 0 Å². The van der Waals surface area contributed by atoms with Gasteiger partial charge in [-0.2, -0.15) is 0 Å². The largest absolute Gasteiger partial charge is 1.00 e. The SMILES string of the molecule is COc1cc(C)c2c(c1)C1(CCCCC1)C(=O)C2(C)C.COc1cc(C)c2c(c1)C1(CCCCC1)CC2(C)C.Cc1c(N)ncnc1NC(=O)C1CC1.Cc1cc(C)c2c(c1)C1(CCCCC1)CC2(C)C.Cc1cc(Nc2ncnc(NC(=O)C3CC3)c2C)cc2c1C(C)(C)CC21CCCCC1.Cc1cc(O)cc2c1C(C)(C)CC21CCCCC1.[K+].[OH-]. The van der Waals surface area contributed by atoms with Crippen molar-refractivity contribution < 1.29 is 85.8 Å². The number of aryl methyl sites for hydroxylation is 6. The third-order valence-electron chi connectivity index (χ3n) is 31.3. The van der Waals surface area contributed by atoms with Crippen LogP contribution < -0.4 is 82.5 Å². The van der Waals surface area contributed by atoms with Crippen molar-refractivity contribution in [3.8, 4) is 17.2 Å². The van der Waals surface area contributed by atoms with Gasteiger partial charge in [0.25, 0.3) is 0 Å². The fourth-order valence-corrected chi connectivity index (χ4v) is 26.7. The Hall–Kier alpha value is -6.53. The molecule has 7 fully saturated rings. The van der Waals surface area contributed by atoms with Crippen LogP contribution in [0.4, 0.5) is 29.0 Å². The monoisotopic (exact) mass is 1680 g/mol. The van der Waals surface area contributed by atoms with Gasteiger partial charge in [0, 0.05) is 34.1 Å². The topological polar surface area (TPSA) is 234 Å². The average molecular weight is 1680 g/mol. The quantitative estimate of drug-likeness (QED) is 0.0892. The van der Waals surface area contributed by atoms with Gasteiger partial charge < -0.3 is 41.7 Å². The van der Waals surface area contributed by atoms with Gasteiger partial charge in [-0.25, -0.2) is 19.9 Å². The number of aromatic nitrogens is 4. The number of benzene rings is 5. The number of ether oxygens (including phenoxy) is 2. The summed E-state index contributed by atoms with van der Waals surface area (Å²) in [6.07, 6.45) is 45.1. The van der Waals surface area contributed by atoms with Gasteiger partial charge in [-0.1, -0.05) is 169 Å². The molecule has 7 saturated carbocycles. The number of methoxy groups -OCH3 is 2. The Balaban J connectivity index is 0.000000136. The number of nitrogens with two attached hydrogens (primary N) is 1. The van der Waals surface area contributed by atoms with Crippen LogP contribution in [0, 0.1) is 67.2 Å². The molecule has 122 heavy (non-hydrogen) atoms. The third-order valence-corrected chi connectivity index (χ3v) is 31.3. The van der Waals surface area contributed by atoms with Gasteiger partial charge in [0.15, 0.2) is 5.78 Å². The molecule has 12 aliphatic carbocycles. The molecule has 7 aromatic rings. The van der Waals surface area contributed by atoms with Crippen molar-refractivity contribution in [2.24, 2.45) is 11.8 Å². The predicted octanol–water partition coefficient (Wildman–Crippen LogP) is 22.3. The number of nitrogens with one attached hydrogen (secondary N) is 3. The smallest absolute Gasteiger partial charge is 0.870 e. The second-order valence-electron chi connectivity index (χ2n) is 42.9. The van der Waals surface area contributed by atoms with Crippen LogP contribution in [0.2, 0.25) is 0 Å². The van der Waals surface area contributed by atoms with E-state index < -0.39 is 0 Å². The number of carbonyl (C=O) groups is 3. The molecule has 0 bridgehead atoms. The molecule has 19 rings (SSSR count). The molecular formula is C106H147KN8O7. The summed E-state index contributed by atoms with van der Waals surface area (Å²) in [6.45, 7) is 40.6. The van der Waals surface area contributed by atoms with Crippen LogP contribution in [0.1, 0.15) is 381 Å². The zero-order chi connectivity index (χ0) is 86.1. The Morgan fingerprint density at radius 1 is 0.402 bits per heavy atom. The van der Waals surface area contributed by atoms with E-state index in [9.17, 15) is 19.5 Å². The van der Waals surface area contributed by atoms with Crippen molar-refractivity contribution in [3.05, 3.63) is 173 Å². The first-order valence-corrected chi connectivity index (χ1v) is 46.6. The molecule has 15 nitrogen and oxygen atoms in total. The molecule has 2 heterocycles. The summed E-state index contributed by atoms with van der Waals surface area (Å²) < 4.78 is 11.0. The van der Waals surface area contributed by atoms with Gasteiger partial charge in [-0.3, -0.25) is 14.4 Å². The average Bonchev–Trinajstić information content (AvgIpc) is 1.67. The molecule has 0 atom stereocenters. The number of hydrogen-bond donors (Lipinski definition) is 5. The first-order valence-electron chi connectivity index (χ1n) is 46.6. The van der Waals surface area contributed by atoms with E-state index in [1.54, 1.807) is 54.5 Å². The Morgan fingerprint density at radius 3 is 1.16 bits per heavy atom. The molecule has 0 saturated heterocycles. The second kappa shape index (κ2) is 36.7. The van der Waals surface area contributed by atoms with E-state index in [1.807, 2.05) is 13.0 Å². The third kappa shape index (κ3) is 18.6. The Kier molecular flexibility index (Phi) is 28.4. The Bertz CT molecular complexity index is 4920. The number of amides is 2. The van der Waals surface area contributed by atoms with Gasteiger partial charge >= 0.3 is 51.4 Å². The summed E-state index contributed by atoms with van der Waals surface area (Å²) in [5.41, 5.74) is 33.9. The van der Waals surface area contributed by atoms with Crippen molar-refractivity contribution in [1.82, 2.24) is 19.9 Å². The summed E-state index contributed by atoms with van der Waals surface area (Å²) in [6, 6.07) is 22.2. The molecule has 0 radical (unpaired) electrons. The van der Waals surface area contributed by atoms with Crippen LogP contribution in [-0.2, 0) is 68.5 Å². The number of hydrogen-bond acceptors (Lipinski definition) is 13. The molecule has 12 aliphatic rings. The number of fused-ring (bicyclic) bond motifs is 10. The normalized spacial score (nSPS) is 21.6. The van der Waals surface area contributed by atoms with Crippen LogP contribution in [0.15, 0.2) is 73.3 Å². The molecular weight excluding hydrogens is 1540 g/mol. The first kappa shape index (κ1) is 94.6. The number of phenolic OH excluding ortho intramolecular Hbond substituents is 1. The number of ketones is 1. The molecule has 0 aliphatic heterocycles. The molecule has 5 aromatic carbocycles. The number of carbonyl (C=O) groups excluding carboxylic acids is 3. The van der Waals surface area contributed by atoms with Gasteiger partial charge in [0.1, 0.15) is 53.2 Å². The fraction of sp³-hybridized carbons (Fsp3) is 0.613. The predicted molar refractivity (Wildman–Crippen MR) is 494 cm³/mol. The molecule has 0 unspecified atom stereocenters. The number of aromatic hydroxyl groups is 1. The van der Waals surface area contributed by atoms with E-state index >= 15 is 0 Å². The first-order chi connectivity index (χ1) is 56.8. The maximum atomic E-state index is 13.2. The minimum atomic E-state index is -0.358. The summed E-state index contributed by atoms with van der Waals surface area (Å²) in [5, 5.41) is 19.2. The second-order valence-corrected chi connectivity index (χ2v) is 42.9. The number of Topliss-reactive ketones (excluding diaryl/α,β-unsaturated/α-hetero) is 1. The van der Waals surface area contributed by atoms with Crippen molar-refractivity contribution in [2.75, 3.05) is 35.9 Å². The molecule has 654 valence electrons. The summed E-state index contributed by atoms with van der Waals surface area (Å²) in [5.74, 6) is 5.54. The Labute approximate surface area is 774 Å². The maximum absolute atomic E-state index is 13.2. The number of phenols is 1. The molecule has 2 aromatic heterocycles. The summed E-state index contributed by atoms with van der Waals surface area (Å²) >= 11 is 0. The van der Waals surface area contributed by atoms with Gasteiger partial charge in [0.2, 0.25) is 11.8 Å². The van der Waals surface area contributed by atoms with Crippen molar-refractivity contribution >= 4 is 46.6 Å². The molecule has 7 N–H and O–H groups in total. The van der Waals surface area contributed by atoms with E-state index in [-0.39, 0.29) is 102 Å². The standard InChI is InChI=1S/C26H34N4O.C18H24O2.C18H26O.C18H26.C17H24O.C9H12N4O.K.H2O/c1-16-12-19(13-20-21(16)25(3,4)14-26(20)10-6-5-7-11-26)29-22-17(2)23(28-15-27-22)30-24(31)18-8-9-18;1-12-10-13(20-4)11-14-15(12)17(2,3)16(19)18(14)8-6-5-7-9-18;1-13-10-14(19-4)11-15-16(13)17(2,3)12-18(15)8-6-5-7-9-18;1-13-10-14(2)16-15(11-13)18(12-17(16,3)4)8-6-5-7-9-18;1-12-9-13(18)10-14-15(12)16(2,3)11-17(14)7-5-4-6-8-17;1-5-7(10)11-4-12-8(5)13-9(14)6-2-3-6;;/h12-13,15,18H,5-11,14H2,1-4H3,(H2,27,28,29,30,31);10-11H,5-9H2,1-4H3;10-11H,5-9,12H2,1-4H3;10-11H,5-9,12H2,1-4H3;9-10,18H,4-8,11H2,1-3H3;4,6H,2-3H2,1H3,(H3,10,11,12,13,14);;1H2/q;;;;;;+1;/p-1. The van der Waals surface area contributed by atoms with Crippen LogP contribution in [0.5, 0.6) is 17.2 Å². The van der Waals surface area contributed by atoms with Gasteiger partial charge in [-0.05, 0) is 360 Å². The van der Waals surface area contributed by atoms with Crippen LogP contribution in [-0.4, -0.2) is 62.3 Å². The zero-order valence-corrected chi connectivity index (χ0v) is 81.8. The van der Waals surface area contributed by atoms with Crippen molar-refractivity contribution in [2.45, 2.75) is 391 Å². The summed E-state index contributed by atoms with van der Waals surface area (Å²) in [4.78, 5) is 53.4. The number of nitrogen functional groups attached to an aromatic ring is 1. The molecule has 2 amide bonds. The van der Waals surface area contributed by atoms with E-state index in [2.05, 4.69) is 201 Å². The van der Waals surface area contributed by atoms with E-state index in [0.29, 0.717) is 61.5 Å². The number of rotatable bonds is 8. The molecule has 16 heteroatoms. The summed E-state index contributed by atoms with van der Waals surface area (Å²) in [7, 11) is 3.49. The van der Waals surface area contributed by atoms with Gasteiger partial charge in [-0.15, -0.1) is 0 Å². The van der Waals surface area contributed by atoms with Gasteiger partial charge in [0.05, 0.1) is 19.6 Å². The van der Waals surface area contributed by atoms with Crippen LogP contribution in [0.25, 0.3) is 0 Å². The van der Waals surface area contributed by atoms with Crippen molar-refractivity contribution in [1.29, 1.82) is 0 Å². The van der Waals surface area contributed by atoms with E-state index in [4.69, 9.17) is 15.2 Å². The number of nitrogens with zero attached hydrogens (tertiary/aromatic N) is 4. The van der Waals surface area contributed by atoms with E-state index in [1.165, 1.54) is 229 Å². The van der Waals surface area contributed by atoms with E-state index in [0.717, 1.165) is 85.5 Å². The maximum Gasteiger partial charge on any atom is 1.00 e. The Morgan fingerprint density at radius 2 is 0.738 bits per heavy atom. The molecule has 5 spiro atoms. The minimum Gasteiger partial charge on any atom is -0.870 e. The van der Waals surface area contributed by atoms with Crippen LogP contribution in [0.3, 0.4) is 0 Å². The van der Waals surface area contributed by atoms with Crippen LogP contribution >= 0.6 is 0 Å². The minimum absolute atomic E-state index is 0.